The summed E-state index contributed by atoms with van der Waals surface area (Å²) in [6.45, 7) is 1.69. The molecule has 0 spiro atoms. The van der Waals surface area contributed by atoms with E-state index in [2.05, 4.69) is 15.8 Å². The van der Waals surface area contributed by atoms with E-state index < -0.39 is 11.4 Å². The van der Waals surface area contributed by atoms with Crippen molar-refractivity contribution in [2.45, 2.75) is 18.9 Å². The van der Waals surface area contributed by atoms with Crippen molar-refractivity contribution in [1.29, 1.82) is 0 Å². The maximum Gasteiger partial charge on any atom is 0.255 e. The molecule has 3 rings (SSSR count). The maximum absolute atomic E-state index is 14.3. The lowest BCUT2D eigenvalue weighted by Crippen LogP contribution is -2.47. The second-order valence-corrected chi connectivity index (χ2v) is 5.49. The van der Waals surface area contributed by atoms with E-state index in [0.717, 1.165) is 0 Å². The first-order valence-electron chi connectivity index (χ1n) is 7.07. The molecule has 0 radical (unpaired) electrons. The summed E-state index contributed by atoms with van der Waals surface area (Å²) in [7, 11) is 0. The first kappa shape index (κ1) is 15.0. The van der Waals surface area contributed by atoms with E-state index in [1.165, 1.54) is 22.8 Å². The highest BCUT2D eigenvalue weighted by Gasteiger charge is 2.35. The Balaban J connectivity index is 1.84. The van der Waals surface area contributed by atoms with Gasteiger partial charge in [-0.15, -0.1) is 0 Å². The molecule has 118 valence electrons. The van der Waals surface area contributed by atoms with Crippen LogP contribution in [0, 0.1) is 5.82 Å². The fourth-order valence-corrected chi connectivity index (χ4v) is 2.26. The van der Waals surface area contributed by atoms with E-state index in [9.17, 15) is 14.0 Å². The Morgan fingerprint density at radius 1 is 1.39 bits per heavy atom. The Morgan fingerprint density at radius 3 is 2.87 bits per heavy atom. The third-order valence-corrected chi connectivity index (χ3v) is 3.70. The predicted molar refractivity (Wildman–Crippen MR) is 85.3 cm³/mol. The zero-order valence-corrected chi connectivity index (χ0v) is 12.4. The van der Waals surface area contributed by atoms with Crippen molar-refractivity contribution < 1.29 is 9.18 Å². The summed E-state index contributed by atoms with van der Waals surface area (Å²) in [6.07, 6.45) is 3.58. The van der Waals surface area contributed by atoms with Crippen molar-refractivity contribution in [2.24, 2.45) is 5.10 Å². The quantitative estimate of drug-likeness (QED) is 0.904. The van der Waals surface area contributed by atoms with Crippen LogP contribution in [-0.4, -0.2) is 22.2 Å². The second kappa shape index (κ2) is 5.68. The number of amides is 1. The maximum atomic E-state index is 14.3. The van der Waals surface area contributed by atoms with Gasteiger partial charge in [0.15, 0.2) is 0 Å². The summed E-state index contributed by atoms with van der Waals surface area (Å²) in [5.74, 6) is -0.993. The number of hydrogen-bond acceptors (Lipinski definition) is 4. The van der Waals surface area contributed by atoms with Crippen molar-refractivity contribution in [3.63, 3.8) is 0 Å². The third kappa shape index (κ3) is 2.85. The van der Waals surface area contributed by atoms with E-state index in [1.54, 1.807) is 37.5 Å². The molecule has 0 bridgehead atoms. The molecule has 0 saturated carbocycles. The summed E-state index contributed by atoms with van der Waals surface area (Å²) in [5, 5.41) is 6.36. The smallest absolute Gasteiger partial charge is 0.255 e. The average molecular weight is 314 g/mol. The molecule has 1 atom stereocenters. The normalized spacial score (nSPS) is 19.4. The van der Waals surface area contributed by atoms with Gasteiger partial charge in [-0.1, -0.05) is 6.07 Å². The number of nitrogens with one attached hydrogen (secondary N) is 2. The lowest BCUT2D eigenvalue weighted by molar-refractivity contribution is -0.121. The van der Waals surface area contributed by atoms with Gasteiger partial charge < -0.3 is 5.32 Å². The average Bonchev–Trinajstić information content (AvgIpc) is 2.98. The zero-order valence-electron chi connectivity index (χ0n) is 12.4. The Hall–Kier alpha value is -2.96. The molecule has 7 heteroatoms. The van der Waals surface area contributed by atoms with Crippen molar-refractivity contribution in [3.05, 3.63) is 58.8 Å². The van der Waals surface area contributed by atoms with Crippen LogP contribution in [-0.2, 0) is 4.79 Å². The first-order chi connectivity index (χ1) is 11.0. The molecule has 23 heavy (non-hydrogen) atoms. The number of hydrogen-bond donors (Lipinski definition) is 2. The number of carbonyl (C=O) groups excluding carboxylic acids is 1. The van der Waals surface area contributed by atoms with Crippen LogP contribution >= 0.6 is 0 Å². The van der Waals surface area contributed by atoms with Crippen LogP contribution in [0.1, 0.15) is 13.3 Å². The SMILES string of the molecule is C[C@]1(C(=O)Nc2ccc(-n3ccccc3=O)cc2F)CC=NN1. The molecule has 1 aliphatic rings. The van der Waals surface area contributed by atoms with Crippen LogP contribution in [0.15, 0.2) is 52.5 Å². The minimum absolute atomic E-state index is 0.0534. The highest BCUT2D eigenvalue weighted by molar-refractivity contribution is 6.00. The third-order valence-electron chi connectivity index (χ3n) is 3.70. The highest BCUT2D eigenvalue weighted by Crippen LogP contribution is 2.21. The van der Waals surface area contributed by atoms with Gasteiger partial charge in [0, 0.05) is 31.0 Å². The minimum Gasteiger partial charge on any atom is -0.321 e. The summed E-state index contributed by atoms with van der Waals surface area (Å²) in [4.78, 5) is 24.0. The molecule has 2 N–H and O–H groups in total. The molecule has 0 saturated heterocycles. The molecule has 0 unspecified atom stereocenters. The van der Waals surface area contributed by atoms with Crippen LogP contribution in [0.3, 0.4) is 0 Å². The van der Waals surface area contributed by atoms with Crippen molar-refractivity contribution in [3.8, 4) is 5.69 Å². The van der Waals surface area contributed by atoms with E-state index >= 15 is 0 Å². The fraction of sp³-hybridized carbons (Fsp3) is 0.188. The van der Waals surface area contributed by atoms with Gasteiger partial charge in [0.1, 0.15) is 11.4 Å². The van der Waals surface area contributed by atoms with E-state index in [-0.39, 0.29) is 17.2 Å². The molecule has 0 fully saturated rings. The van der Waals surface area contributed by atoms with Crippen LogP contribution < -0.4 is 16.3 Å². The van der Waals surface area contributed by atoms with Gasteiger partial charge in [-0.3, -0.25) is 19.6 Å². The predicted octanol–water partition coefficient (Wildman–Crippen LogP) is 1.65. The fourth-order valence-electron chi connectivity index (χ4n) is 2.26. The second-order valence-electron chi connectivity index (χ2n) is 5.49. The summed E-state index contributed by atoms with van der Waals surface area (Å²) in [5.41, 5.74) is 2.00. The number of nitrogens with zero attached hydrogens (tertiary/aromatic N) is 2. The Kier molecular flexibility index (Phi) is 3.69. The molecule has 1 amide bonds. The molecule has 1 aromatic heterocycles. The largest absolute Gasteiger partial charge is 0.321 e. The van der Waals surface area contributed by atoms with Crippen LogP contribution in [0.5, 0.6) is 0 Å². The van der Waals surface area contributed by atoms with Gasteiger partial charge >= 0.3 is 0 Å². The van der Waals surface area contributed by atoms with Crippen LogP contribution in [0.4, 0.5) is 10.1 Å². The zero-order chi connectivity index (χ0) is 16.4. The van der Waals surface area contributed by atoms with Gasteiger partial charge in [-0.2, -0.15) is 5.10 Å². The Labute approximate surface area is 131 Å². The van der Waals surface area contributed by atoms with Gasteiger partial charge in [0.05, 0.1) is 11.4 Å². The highest BCUT2D eigenvalue weighted by atomic mass is 19.1. The van der Waals surface area contributed by atoms with Crippen molar-refractivity contribution in [1.82, 2.24) is 9.99 Å². The van der Waals surface area contributed by atoms with Gasteiger partial charge in [-0.25, -0.2) is 4.39 Å². The number of halogens is 1. The number of anilines is 1. The molecule has 0 aliphatic carbocycles. The number of pyridine rings is 1. The monoisotopic (exact) mass is 314 g/mol. The number of hydrazone groups is 1. The van der Waals surface area contributed by atoms with Crippen LogP contribution in [0.25, 0.3) is 5.69 Å². The summed E-state index contributed by atoms with van der Waals surface area (Å²) < 4.78 is 15.6. The molecule has 1 aliphatic heterocycles. The molecule has 2 heterocycles. The Bertz CT molecular complexity index is 836. The molecular weight excluding hydrogens is 299 g/mol. The number of aromatic nitrogens is 1. The minimum atomic E-state index is -0.887. The standard InChI is InChI=1S/C16H15FN4O2/c1-16(7-8-18-20-16)15(23)19-13-6-5-11(10-12(13)17)21-9-3-2-4-14(21)22/h2-6,8-10,20H,7H2,1H3,(H,19,23)/t16-/m1/s1. The molecular formula is C16H15FN4O2. The lowest BCUT2D eigenvalue weighted by Gasteiger charge is -2.22. The topological polar surface area (TPSA) is 75.5 Å². The van der Waals surface area contributed by atoms with E-state index in [1.807, 2.05) is 0 Å². The summed E-state index contributed by atoms with van der Waals surface area (Å²) in [6, 6.07) is 8.89. The summed E-state index contributed by atoms with van der Waals surface area (Å²) >= 11 is 0. The van der Waals surface area contributed by atoms with Gasteiger partial charge in [-0.05, 0) is 25.1 Å². The van der Waals surface area contributed by atoms with E-state index in [0.29, 0.717) is 12.1 Å². The first-order valence-corrected chi connectivity index (χ1v) is 7.07. The lowest BCUT2D eigenvalue weighted by atomic mass is 9.99. The van der Waals surface area contributed by atoms with Gasteiger partial charge in [0.2, 0.25) is 0 Å². The molecule has 6 nitrogen and oxygen atoms in total. The number of rotatable bonds is 3. The van der Waals surface area contributed by atoms with E-state index in [4.69, 9.17) is 0 Å². The molecule has 2 aromatic rings. The molecule has 1 aromatic carbocycles. The van der Waals surface area contributed by atoms with Crippen molar-refractivity contribution >= 4 is 17.8 Å². The number of carbonyl (C=O) groups is 1. The van der Waals surface area contributed by atoms with Crippen molar-refractivity contribution in [2.75, 3.05) is 5.32 Å². The number of benzene rings is 1. The van der Waals surface area contributed by atoms with Gasteiger partial charge in [0.25, 0.3) is 11.5 Å². The van der Waals surface area contributed by atoms with Crippen LogP contribution in [0.2, 0.25) is 0 Å². The Morgan fingerprint density at radius 2 is 2.22 bits per heavy atom.